The lowest BCUT2D eigenvalue weighted by molar-refractivity contribution is -0.0486. The Balaban J connectivity index is 2.07. The van der Waals surface area contributed by atoms with E-state index < -0.39 is 18.4 Å². The molecule has 2 aromatic heterocycles. The average Bonchev–Trinajstić information content (AvgIpc) is 3.01. The summed E-state index contributed by atoms with van der Waals surface area (Å²) in [6, 6.07) is 0. The molecule has 1 aliphatic heterocycles. The van der Waals surface area contributed by atoms with Crippen molar-refractivity contribution in [3.63, 3.8) is 0 Å². The first-order valence-electron chi connectivity index (χ1n) is 6.19. The summed E-state index contributed by atoms with van der Waals surface area (Å²) in [5, 5.41) is 20.3. The number of imidazole rings is 1. The van der Waals surface area contributed by atoms with E-state index >= 15 is 0 Å². The average molecular weight is 423 g/mol. The fourth-order valence-corrected chi connectivity index (χ4v) is 3.60. The number of aromatic nitrogens is 4. The number of thioether (sulfide) groups is 1. The van der Waals surface area contributed by atoms with Crippen LogP contribution in [0.15, 0.2) is 11.4 Å². The maximum absolute atomic E-state index is 10.3. The molecular formula is C11H14IN5O3S. The number of aliphatic hydroxyl groups is 2. The molecular weight excluding hydrogens is 409 g/mol. The Bertz CT molecular complexity index is 669. The topological polar surface area (TPSA) is 119 Å². The Kier molecular flexibility index (Phi) is 4.23. The number of nitrogens with two attached hydrogens (primary N) is 1. The van der Waals surface area contributed by atoms with Crippen molar-refractivity contribution in [2.24, 2.45) is 0 Å². The molecule has 0 aromatic carbocycles. The number of hydrogen-bond acceptors (Lipinski definition) is 8. The summed E-state index contributed by atoms with van der Waals surface area (Å²) in [5.74, 6) is 0.144. The maximum atomic E-state index is 10.3. The number of fused-ring (bicyclic) bond motifs is 1. The molecule has 0 bridgehead atoms. The number of nitrogens with zero attached hydrogens (tertiary/aromatic N) is 4. The van der Waals surface area contributed by atoms with Crippen molar-refractivity contribution in [3.8, 4) is 0 Å². The van der Waals surface area contributed by atoms with Gasteiger partial charge in [-0.1, -0.05) is 22.6 Å². The molecule has 0 radical (unpaired) electrons. The zero-order valence-electron chi connectivity index (χ0n) is 11.0. The molecule has 4 N–H and O–H groups in total. The van der Waals surface area contributed by atoms with Crippen LogP contribution in [0.2, 0.25) is 0 Å². The van der Waals surface area contributed by atoms with Gasteiger partial charge in [-0.05, 0) is 6.26 Å². The van der Waals surface area contributed by atoms with Crippen molar-refractivity contribution in [3.05, 3.63) is 6.33 Å². The van der Waals surface area contributed by atoms with Crippen LogP contribution in [-0.4, -0.2) is 58.7 Å². The van der Waals surface area contributed by atoms with Crippen molar-refractivity contribution in [2.45, 2.75) is 27.4 Å². The fourth-order valence-electron chi connectivity index (χ4n) is 2.32. The first-order chi connectivity index (χ1) is 10.1. The van der Waals surface area contributed by atoms with Gasteiger partial charge in [0.2, 0.25) is 5.95 Å². The molecule has 0 saturated carbocycles. The molecule has 3 heterocycles. The molecule has 4 atom stereocenters. The predicted octanol–water partition coefficient (Wildman–Crippen LogP) is 0.185. The predicted molar refractivity (Wildman–Crippen MR) is 86.3 cm³/mol. The van der Waals surface area contributed by atoms with Crippen LogP contribution in [0.5, 0.6) is 0 Å². The molecule has 1 saturated heterocycles. The van der Waals surface area contributed by atoms with Crippen LogP contribution >= 0.6 is 34.4 Å². The second-order valence-corrected chi connectivity index (χ2v) is 6.83. The van der Waals surface area contributed by atoms with E-state index in [4.69, 9.17) is 10.5 Å². The standard InChI is InChI=1S/C11H14IN5O3S/c1-21-9-6-8(15-11(13)16-9)17(3-14-6)10-7(19)5(12)4(2-18)20-10/h3-5,7,10,18-19H,2H2,1H3,(H2,13,15,16)/t4-,5+,7-,10-/m1/s1. The van der Waals surface area contributed by atoms with Gasteiger partial charge in [0.15, 0.2) is 11.9 Å². The van der Waals surface area contributed by atoms with Crippen LogP contribution in [0.1, 0.15) is 6.23 Å². The molecule has 114 valence electrons. The highest BCUT2D eigenvalue weighted by molar-refractivity contribution is 14.1. The molecule has 0 amide bonds. The van der Waals surface area contributed by atoms with Crippen molar-refractivity contribution in [1.82, 2.24) is 19.5 Å². The van der Waals surface area contributed by atoms with Gasteiger partial charge in [-0.25, -0.2) is 9.97 Å². The Hall–Kier alpha value is -0.690. The lowest BCUT2D eigenvalue weighted by Gasteiger charge is -2.16. The van der Waals surface area contributed by atoms with Crippen LogP contribution in [0.25, 0.3) is 11.2 Å². The summed E-state index contributed by atoms with van der Waals surface area (Å²) in [4.78, 5) is 12.6. The number of ether oxygens (including phenoxy) is 1. The highest BCUT2D eigenvalue weighted by Crippen LogP contribution is 2.36. The smallest absolute Gasteiger partial charge is 0.223 e. The minimum atomic E-state index is -0.769. The third-order valence-corrected chi connectivity index (χ3v) is 5.55. The number of aliphatic hydroxyl groups excluding tert-OH is 2. The van der Waals surface area contributed by atoms with Gasteiger partial charge in [0.1, 0.15) is 16.6 Å². The molecule has 8 nitrogen and oxygen atoms in total. The molecule has 1 fully saturated rings. The lowest BCUT2D eigenvalue weighted by Crippen LogP contribution is -2.27. The first-order valence-corrected chi connectivity index (χ1v) is 8.66. The zero-order valence-corrected chi connectivity index (χ0v) is 14.0. The quantitative estimate of drug-likeness (QED) is 0.277. The molecule has 3 rings (SSSR count). The van der Waals surface area contributed by atoms with E-state index in [0.29, 0.717) is 16.2 Å². The van der Waals surface area contributed by atoms with E-state index in [2.05, 4.69) is 37.5 Å². The Labute approximate surface area is 138 Å². The zero-order chi connectivity index (χ0) is 15.1. The van der Waals surface area contributed by atoms with Crippen LogP contribution in [0.4, 0.5) is 5.95 Å². The molecule has 2 aromatic rings. The molecule has 0 unspecified atom stereocenters. The van der Waals surface area contributed by atoms with Gasteiger partial charge in [0, 0.05) is 0 Å². The van der Waals surface area contributed by atoms with Crippen molar-refractivity contribution >= 4 is 51.5 Å². The van der Waals surface area contributed by atoms with E-state index in [9.17, 15) is 10.2 Å². The van der Waals surface area contributed by atoms with Crippen molar-refractivity contribution in [2.75, 3.05) is 18.6 Å². The van der Waals surface area contributed by atoms with Gasteiger partial charge in [-0.3, -0.25) is 4.57 Å². The lowest BCUT2D eigenvalue weighted by atomic mass is 10.2. The summed E-state index contributed by atoms with van der Waals surface area (Å²) < 4.78 is 7.13. The van der Waals surface area contributed by atoms with E-state index in [0.717, 1.165) is 0 Å². The largest absolute Gasteiger partial charge is 0.394 e. The van der Waals surface area contributed by atoms with Crippen LogP contribution in [-0.2, 0) is 4.74 Å². The van der Waals surface area contributed by atoms with Gasteiger partial charge in [0.05, 0.1) is 23.0 Å². The molecule has 1 aliphatic rings. The van der Waals surface area contributed by atoms with Crippen LogP contribution < -0.4 is 5.73 Å². The number of halogens is 1. The third kappa shape index (κ3) is 2.48. The van der Waals surface area contributed by atoms with E-state index in [1.54, 1.807) is 10.9 Å². The number of alkyl halides is 1. The van der Waals surface area contributed by atoms with Crippen LogP contribution in [0, 0.1) is 0 Å². The second kappa shape index (κ2) is 5.83. The molecule has 0 aliphatic carbocycles. The van der Waals surface area contributed by atoms with Gasteiger partial charge < -0.3 is 20.7 Å². The van der Waals surface area contributed by atoms with E-state index in [-0.39, 0.29) is 16.5 Å². The Morgan fingerprint density at radius 2 is 2.29 bits per heavy atom. The van der Waals surface area contributed by atoms with Gasteiger partial charge in [-0.2, -0.15) is 4.98 Å². The van der Waals surface area contributed by atoms with Crippen LogP contribution in [0.3, 0.4) is 0 Å². The highest BCUT2D eigenvalue weighted by atomic mass is 127. The summed E-state index contributed by atoms with van der Waals surface area (Å²) >= 11 is 3.50. The Morgan fingerprint density at radius 3 is 2.90 bits per heavy atom. The summed E-state index contributed by atoms with van der Waals surface area (Å²) in [6.07, 6.45) is 1.58. The number of hydrogen-bond donors (Lipinski definition) is 3. The number of anilines is 1. The maximum Gasteiger partial charge on any atom is 0.223 e. The van der Waals surface area contributed by atoms with Crippen molar-refractivity contribution < 1.29 is 14.9 Å². The minimum Gasteiger partial charge on any atom is -0.394 e. The van der Waals surface area contributed by atoms with Crippen molar-refractivity contribution in [1.29, 1.82) is 0 Å². The monoisotopic (exact) mass is 423 g/mol. The SMILES string of the molecule is CSc1nc(N)nc2c1ncn2[C@@H]1O[C@H](CO)[C@H](I)[C@H]1O. The van der Waals surface area contributed by atoms with E-state index in [1.807, 2.05) is 6.26 Å². The summed E-state index contributed by atoms with van der Waals surface area (Å²) in [7, 11) is 0. The highest BCUT2D eigenvalue weighted by Gasteiger charge is 2.43. The third-order valence-electron chi connectivity index (χ3n) is 3.34. The second-order valence-electron chi connectivity index (χ2n) is 4.60. The number of nitrogen functional groups attached to an aromatic ring is 1. The fraction of sp³-hybridized carbons (Fsp3) is 0.545. The van der Waals surface area contributed by atoms with Gasteiger partial charge >= 0.3 is 0 Å². The molecule has 21 heavy (non-hydrogen) atoms. The van der Waals surface area contributed by atoms with Gasteiger partial charge in [-0.15, -0.1) is 11.8 Å². The molecule has 10 heteroatoms. The van der Waals surface area contributed by atoms with E-state index in [1.165, 1.54) is 11.8 Å². The summed E-state index contributed by atoms with van der Waals surface area (Å²) in [5.41, 5.74) is 6.85. The minimum absolute atomic E-state index is 0.144. The first kappa shape index (κ1) is 15.2. The Morgan fingerprint density at radius 1 is 1.52 bits per heavy atom. The van der Waals surface area contributed by atoms with Gasteiger partial charge in [0.25, 0.3) is 0 Å². The molecule has 0 spiro atoms. The summed E-state index contributed by atoms with van der Waals surface area (Å²) in [6.45, 7) is -0.152. The number of rotatable bonds is 3. The normalized spacial score (nSPS) is 29.3.